The zero-order chi connectivity index (χ0) is 19.2. The summed E-state index contributed by atoms with van der Waals surface area (Å²) in [6.45, 7) is 1.36. The topological polar surface area (TPSA) is 110 Å². The number of hydrogen-bond donors (Lipinski definition) is 1. The Kier molecular flexibility index (Phi) is 5.84. The predicted molar refractivity (Wildman–Crippen MR) is 103 cm³/mol. The summed E-state index contributed by atoms with van der Waals surface area (Å²) in [5.41, 5.74) is 6.88. The SMILES string of the molecule is CN(C)c1nc(N)nc(C(C#N)=Cc2ccc(OCC3CCCO3)cc2)n1. The highest BCUT2D eigenvalue weighted by atomic mass is 16.5. The van der Waals surface area contributed by atoms with Crippen LogP contribution in [0.3, 0.4) is 0 Å². The molecular weight excluding hydrogens is 344 g/mol. The average Bonchev–Trinajstić information content (AvgIpc) is 3.18. The first-order valence-corrected chi connectivity index (χ1v) is 8.70. The van der Waals surface area contributed by atoms with E-state index in [1.165, 1.54) is 0 Å². The van der Waals surface area contributed by atoms with Crippen molar-refractivity contribution < 1.29 is 9.47 Å². The summed E-state index contributed by atoms with van der Waals surface area (Å²) in [4.78, 5) is 14.1. The fourth-order valence-electron chi connectivity index (χ4n) is 2.64. The second-order valence-corrected chi connectivity index (χ2v) is 6.40. The van der Waals surface area contributed by atoms with Crippen LogP contribution >= 0.6 is 0 Å². The van der Waals surface area contributed by atoms with E-state index in [-0.39, 0.29) is 17.9 Å². The average molecular weight is 366 g/mol. The van der Waals surface area contributed by atoms with Crippen molar-refractivity contribution in [3.63, 3.8) is 0 Å². The fourth-order valence-corrected chi connectivity index (χ4v) is 2.64. The van der Waals surface area contributed by atoms with Crippen LogP contribution in [0.25, 0.3) is 11.6 Å². The smallest absolute Gasteiger partial charge is 0.230 e. The Morgan fingerprint density at radius 1 is 1.33 bits per heavy atom. The highest BCUT2D eigenvalue weighted by Gasteiger charge is 2.16. The molecule has 1 aliphatic heterocycles. The third-order valence-electron chi connectivity index (χ3n) is 4.05. The van der Waals surface area contributed by atoms with Gasteiger partial charge < -0.3 is 20.1 Å². The Morgan fingerprint density at radius 3 is 2.74 bits per heavy atom. The molecule has 0 bridgehead atoms. The molecule has 3 rings (SSSR count). The van der Waals surface area contributed by atoms with Crippen molar-refractivity contribution in [2.45, 2.75) is 18.9 Å². The van der Waals surface area contributed by atoms with E-state index in [0.717, 1.165) is 30.8 Å². The molecule has 2 aromatic rings. The molecule has 1 unspecified atom stereocenters. The van der Waals surface area contributed by atoms with E-state index >= 15 is 0 Å². The maximum Gasteiger partial charge on any atom is 0.230 e. The van der Waals surface area contributed by atoms with E-state index in [2.05, 4.69) is 21.0 Å². The number of ether oxygens (including phenoxy) is 2. The van der Waals surface area contributed by atoms with Crippen LogP contribution in [-0.2, 0) is 4.74 Å². The van der Waals surface area contributed by atoms with Gasteiger partial charge in [0.1, 0.15) is 18.4 Å². The van der Waals surface area contributed by atoms with Gasteiger partial charge in [0.05, 0.1) is 11.7 Å². The van der Waals surface area contributed by atoms with Crippen LogP contribution in [0.15, 0.2) is 24.3 Å². The second kappa shape index (κ2) is 8.47. The van der Waals surface area contributed by atoms with E-state index in [4.69, 9.17) is 15.2 Å². The van der Waals surface area contributed by atoms with Crippen LogP contribution in [0.2, 0.25) is 0 Å². The monoisotopic (exact) mass is 366 g/mol. The molecule has 1 aromatic carbocycles. The molecule has 1 atom stereocenters. The normalized spacial score (nSPS) is 16.8. The Balaban J connectivity index is 1.74. The van der Waals surface area contributed by atoms with Crippen molar-refractivity contribution in [1.82, 2.24) is 15.0 Å². The number of anilines is 2. The van der Waals surface area contributed by atoms with Crippen molar-refractivity contribution in [2.24, 2.45) is 0 Å². The third-order valence-corrected chi connectivity index (χ3v) is 4.05. The van der Waals surface area contributed by atoms with Crippen molar-refractivity contribution in [2.75, 3.05) is 37.9 Å². The lowest BCUT2D eigenvalue weighted by atomic mass is 10.1. The minimum atomic E-state index is 0.0720. The van der Waals surface area contributed by atoms with Crippen molar-refractivity contribution in [1.29, 1.82) is 5.26 Å². The number of allylic oxidation sites excluding steroid dienone is 1. The molecule has 0 radical (unpaired) electrons. The molecule has 27 heavy (non-hydrogen) atoms. The molecule has 0 amide bonds. The molecule has 2 heterocycles. The third kappa shape index (κ3) is 4.92. The molecule has 140 valence electrons. The molecule has 1 saturated heterocycles. The molecular formula is C19H22N6O2. The molecule has 2 N–H and O–H groups in total. The molecule has 0 saturated carbocycles. The standard InChI is InChI=1S/C19H22N6O2/c1-25(2)19-23-17(22-18(21)24-19)14(11-20)10-13-5-7-15(8-6-13)27-12-16-4-3-9-26-16/h5-8,10,16H,3-4,9,12H2,1-2H3,(H2,21,22,23,24). The van der Waals surface area contributed by atoms with Crippen molar-refractivity contribution >= 4 is 23.5 Å². The van der Waals surface area contributed by atoms with Gasteiger partial charge in [-0.3, -0.25) is 0 Å². The van der Waals surface area contributed by atoms with Gasteiger partial charge in [0.2, 0.25) is 11.9 Å². The fraction of sp³-hybridized carbons (Fsp3) is 0.368. The summed E-state index contributed by atoms with van der Waals surface area (Å²) in [7, 11) is 3.59. The first kappa shape index (κ1) is 18.6. The largest absolute Gasteiger partial charge is 0.491 e. The van der Waals surface area contributed by atoms with E-state index in [0.29, 0.717) is 18.1 Å². The maximum atomic E-state index is 9.51. The summed E-state index contributed by atoms with van der Waals surface area (Å²) in [5, 5.41) is 9.51. The summed E-state index contributed by atoms with van der Waals surface area (Å²) < 4.78 is 11.3. The zero-order valence-electron chi connectivity index (χ0n) is 15.4. The number of nitrogens with two attached hydrogens (primary N) is 1. The van der Waals surface area contributed by atoms with Gasteiger partial charge in [-0.25, -0.2) is 0 Å². The van der Waals surface area contributed by atoms with Crippen molar-refractivity contribution in [3.8, 4) is 11.8 Å². The van der Waals surface area contributed by atoms with Crippen LogP contribution in [-0.4, -0.2) is 48.4 Å². The molecule has 1 fully saturated rings. The Hall–Kier alpha value is -3.18. The van der Waals surface area contributed by atoms with E-state index < -0.39 is 0 Å². The molecule has 8 heteroatoms. The quantitative estimate of drug-likeness (QED) is 0.774. The minimum absolute atomic E-state index is 0.0720. The van der Waals surface area contributed by atoms with Gasteiger partial charge in [0.15, 0.2) is 5.82 Å². The van der Waals surface area contributed by atoms with Crippen LogP contribution in [0.4, 0.5) is 11.9 Å². The van der Waals surface area contributed by atoms with Crippen LogP contribution in [0.1, 0.15) is 24.2 Å². The van der Waals surface area contributed by atoms with Gasteiger partial charge in [0.25, 0.3) is 0 Å². The number of rotatable bonds is 6. The van der Waals surface area contributed by atoms with Gasteiger partial charge in [-0.1, -0.05) is 12.1 Å². The van der Waals surface area contributed by atoms with E-state index in [9.17, 15) is 5.26 Å². The number of nitrogen functional groups attached to an aromatic ring is 1. The summed E-state index contributed by atoms with van der Waals surface area (Å²) in [6, 6.07) is 9.60. The summed E-state index contributed by atoms with van der Waals surface area (Å²) in [5.74, 6) is 1.48. The van der Waals surface area contributed by atoms with E-state index in [1.807, 2.05) is 24.3 Å². The first-order chi connectivity index (χ1) is 13.0. The van der Waals surface area contributed by atoms with Crippen LogP contribution in [0, 0.1) is 11.3 Å². The Labute approximate surface area is 158 Å². The van der Waals surface area contributed by atoms with E-state index in [1.54, 1.807) is 25.1 Å². The summed E-state index contributed by atoms with van der Waals surface area (Å²) in [6.07, 6.45) is 4.01. The number of nitriles is 1. The Morgan fingerprint density at radius 2 is 2.11 bits per heavy atom. The van der Waals surface area contributed by atoms with Gasteiger partial charge in [-0.05, 0) is 36.6 Å². The minimum Gasteiger partial charge on any atom is -0.491 e. The molecule has 8 nitrogen and oxygen atoms in total. The zero-order valence-corrected chi connectivity index (χ0v) is 15.4. The number of benzene rings is 1. The molecule has 1 aromatic heterocycles. The summed E-state index contributed by atoms with van der Waals surface area (Å²) >= 11 is 0. The first-order valence-electron chi connectivity index (χ1n) is 8.70. The Bertz CT molecular complexity index is 851. The second-order valence-electron chi connectivity index (χ2n) is 6.40. The molecule has 0 spiro atoms. The van der Waals surface area contributed by atoms with Crippen molar-refractivity contribution in [3.05, 3.63) is 35.7 Å². The highest BCUT2D eigenvalue weighted by Crippen LogP contribution is 2.20. The van der Waals surface area contributed by atoms with Gasteiger partial charge >= 0.3 is 0 Å². The van der Waals surface area contributed by atoms with Gasteiger partial charge in [0, 0.05) is 20.7 Å². The number of hydrogen-bond acceptors (Lipinski definition) is 8. The van der Waals surface area contributed by atoms with Gasteiger partial charge in [-0.2, -0.15) is 20.2 Å². The predicted octanol–water partition coefficient (Wildman–Crippen LogP) is 2.14. The highest BCUT2D eigenvalue weighted by molar-refractivity contribution is 5.87. The van der Waals surface area contributed by atoms with Crippen LogP contribution < -0.4 is 15.4 Å². The van der Waals surface area contributed by atoms with Crippen LogP contribution in [0.5, 0.6) is 5.75 Å². The number of aromatic nitrogens is 3. The van der Waals surface area contributed by atoms with Gasteiger partial charge in [-0.15, -0.1) is 0 Å². The molecule has 0 aliphatic carbocycles. The lowest BCUT2D eigenvalue weighted by molar-refractivity contribution is 0.0679. The maximum absolute atomic E-state index is 9.51. The lowest BCUT2D eigenvalue weighted by Gasteiger charge is -2.11. The number of nitrogens with zero attached hydrogens (tertiary/aromatic N) is 5. The lowest BCUT2D eigenvalue weighted by Crippen LogP contribution is -2.16. The molecule has 1 aliphatic rings.